The molecule has 10 nitrogen and oxygen atoms in total. The molecule has 2 aromatic heterocycles. The number of hydrogen-bond donors (Lipinski definition) is 2. The van der Waals surface area contributed by atoms with E-state index in [0.29, 0.717) is 11.0 Å². The Kier molecular flexibility index (Phi) is 6.79. The normalized spacial score (nSPS) is 11.7. The minimum Gasteiger partial charge on any atom is -0.349 e. The van der Waals surface area contributed by atoms with Crippen molar-refractivity contribution in [3.05, 3.63) is 66.2 Å². The summed E-state index contributed by atoms with van der Waals surface area (Å²) in [5.74, 6) is 0.140. The smallest absolute Gasteiger partial charge is 0.230 e. The molecule has 1 unspecified atom stereocenters. The molecular formula is C22H21N7O3S. The van der Waals surface area contributed by atoms with E-state index >= 15 is 0 Å². The number of anilines is 1. The number of carbonyl (C=O) groups excluding carboxylic acids is 2. The number of amides is 2. The van der Waals surface area contributed by atoms with Crippen molar-refractivity contribution in [2.45, 2.75) is 25.0 Å². The van der Waals surface area contributed by atoms with E-state index in [0.717, 1.165) is 11.3 Å². The fourth-order valence-electron chi connectivity index (χ4n) is 3.15. The molecule has 11 heteroatoms. The molecule has 4 rings (SSSR count). The summed E-state index contributed by atoms with van der Waals surface area (Å²) in [6.07, 6.45) is 0. The van der Waals surface area contributed by atoms with E-state index in [2.05, 4.69) is 31.1 Å². The van der Waals surface area contributed by atoms with E-state index in [1.54, 1.807) is 4.57 Å². The van der Waals surface area contributed by atoms with Gasteiger partial charge >= 0.3 is 0 Å². The predicted molar refractivity (Wildman–Crippen MR) is 123 cm³/mol. The molecule has 2 heterocycles. The largest absolute Gasteiger partial charge is 0.349 e. The number of thioether (sulfide) groups is 1. The van der Waals surface area contributed by atoms with Crippen LogP contribution in [-0.4, -0.2) is 42.6 Å². The number of carbonyl (C=O) groups is 2. The summed E-state index contributed by atoms with van der Waals surface area (Å²) in [4.78, 5) is 24.1. The maximum absolute atomic E-state index is 12.6. The van der Waals surface area contributed by atoms with Crippen molar-refractivity contribution in [3.63, 3.8) is 0 Å². The topological polar surface area (TPSA) is 128 Å². The average molecular weight is 464 g/mol. The molecule has 1 atom stereocenters. The molecule has 0 saturated carbocycles. The van der Waals surface area contributed by atoms with Gasteiger partial charge in [-0.15, -0.1) is 10.2 Å². The van der Waals surface area contributed by atoms with Crippen LogP contribution in [0, 0.1) is 0 Å². The number of aromatic nitrogens is 5. The van der Waals surface area contributed by atoms with Crippen molar-refractivity contribution in [1.82, 2.24) is 30.4 Å². The van der Waals surface area contributed by atoms with E-state index < -0.39 is 0 Å². The maximum Gasteiger partial charge on any atom is 0.230 e. The average Bonchev–Trinajstić information content (AvgIpc) is 3.45. The van der Waals surface area contributed by atoms with Crippen LogP contribution in [0.2, 0.25) is 0 Å². The molecule has 2 amide bonds. The van der Waals surface area contributed by atoms with Gasteiger partial charge in [-0.1, -0.05) is 60.3 Å². The molecule has 33 heavy (non-hydrogen) atoms. The van der Waals surface area contributed by atoms with Crippen LogP contribution in [0.5, 0.6) is 0 Å². The molecule has 0 radical (unpaired) electrons. The first-order valence-electron chi connectivity index (χ1n) is 10.1. The third kappa shape index (κ3) is 5.26. The number of rotatable bonds is 8. The van der Waals surface area contributed by atoms with Crippen LogP contribution in [0.25, 0.3) is 17.2 Å². The zero-order valence-corrected chi connectivity index (χ0v) is 18.7. The highest BCUT2D eigenvalue weighted by atomic mass is 32.2. The summed E-state index contributed by atoms with van der Waals surface area (Å²) in [6, 6.07) is 19.0. The van der Waals surface area contributed by atoms with Gasteiger partial charge in [-0.05, 0) is 34.9 Å². The number of nitrogens with zero attached hydrogens (tertiary/aromatic N) is 5. The molecule has 0 spiro atoms. The van der Waals surface area contributed by atoms with E-state index in [4.69, 9.17) is 4.63 Å². The van der Waals surface area contributed by atoms with Gasteiger partial charge in [-0.2, -0.15) is 0 Å². The van der Waals surface area contributed by atoms with Crippen molar-refractivity contribution in [2.24, 2.45) is 0 Å². The highest BCUT2D eigenvalue weighted by molar-refractivity contribution is 7.99. The number of hydrogen-bond acceptors (Lipinski definition) is 8. The molecule has 0 fully saturated rings. The lowest BCUT2D eigenvalue weighted by atomic mass is 10.1. The van der Waals surface area contributed by atoms with Crippen molar-refractivity contribution < 1.29 is 14.2 Å². The maximum atomic E-state index is 12.6. The van der Waals surface area contributed by atoms with E-state index in [-0.39, 0.29) is 35.1 Å². The lowest BCUT2D eigenvalue weighted by Gasteiger charge is -2.14. The fourth-order valence-corrected chi connectivity index (χ4v) is 3.91. The van der Waals surface area contributed by atoms with Crippen LogP contribution >= 0.6 is 11.8 Å². The lowest BCUT2D eigenvalue weighted by Crippen LogP contribution is -2.28. The van der Waals surface area contributed by atoms with Gasteiger partial charge in [0.1, 0.15) is 0 Å². The monoisotopic (exact) mass is 463 g/mol. The van der Waals surface area contributed by atoms with Crippen LogP contribution in [0.3, 0.4) is 0 Å². The molecule has 0 aliphatic rings. The summed E-state index contributed by atoms with van der Waals surface area (Å²) < 4.78 is 6.56. The van der Waals surface area contributed by atoms with Crippen molar-refractivity contribution in [2.75, 3.05) is 11.1 Å². The molecule has 168 valence electrons. The first-order valence-corrected chi connectivity index (χ1v) is 11.1. The van der Waals surface area contributed by atoms with Gasteiger partial charge in [-0.3, -0.25) is 14.2 Å². The van der Waals surface area contributed by atoms with Crippen molar-refractivity contribution >= 4 is 29.4 Å². The first-order chi connectivity index (χ1) is 16.0. The van der Waals surface area contributed by atoms with Gasteiger partial charge in [0.15, 0.2) is 16.7 Å². The second-order valence-electron chi connectivity index (χ2n) is 7.11. The Hall–Kier alpha value is -3.99. The molecule has 2 N–H and O–H groups in total. The highest BCUT2D eigenvalue weighted by Crippen LogP contribution is 2.30. The Labute approximate surface area is 193 Å². The summed E-state index contributed by atoms with van der Waals surface area (Å²) >= 11 is 1.24. The summed E-state index contributed by atoms with van der Waals surface area (Å²) in [5.41, 5.74) is 2.01. The Morgan fingerprint density at radius 1 is 1.03 bits per heavy atom. The van der Waals surface area contributed by atoms with Gasteiger partial charge in [0.2, 0.25) is 17.6 Å². The van der Waals surface area contributed by atoms with Gasteiger partial charge in [-0.25, -0.2) is 4.63 Å². The highest BCUT2D eigenvalue weighted by Gasteiger charge is 2.24. The molecule has 0 aliphatic carbocycles. The number of benzene rings is 2. The second-order valence-corrected chi connectivity index (χ2v) is 8.05. The standard InChI is InChI=1S/C22H21N7O3S/c1-14(16-9-5-3-6-10-16)23-18(31)13-33-22-26-25-21(29(22)17-11-7-4-8-12-17)19-20(24-15(2)30)28-32-27-19/h3-12,14H,13H2,1-2H3,(H,23,31)(H,24,28,30). The molecule has 0 bridgehead atoms. The summed E-state index contributed by atoms with van der Waals surface area (Å²) in [7, 11) is 0. The quantitative estimate of drug-likeness (QED) is 0.381. The van der Waals surface area contributed by atoms with Gasteiger partial charge < -0.3 is 10.6 Å². The zero-order chi connectivity index (χ0) is 23.2. The fraction of sp³-hybridized carbons (Fsp3) is 0.182. The van der Waals surface area contributed by atoms with Crippen LogP contribution in [-0.2, 0) is 9.59 Å². The minimum atomic E-state index is -0.323. The molecule has 4 aromatic rings. The Balaban J connectivity index is 1.57. The third-order valence-corrected chi connectivity index (χ3v) is 5.58. The van der Waals surface area contributed by atoms with E-state index in [1.165, 1.54) is 18.7 Å². The Morgan fingerprint density at radius 2 is 1.73 bits per heavy atom. The Bertz CT molecular complexity index is 1240. The van der Waals surface area contributed by atoms with Crippen molar-refractivity contribution in [3.8, 4) is 17.2 Å². The van der Waals surface area contributed by atoms with Crippen LogP contribution in [0.1, 0.15) is 25.5 Å². The predicted octanol–water partition coefficient (Wildman–Crippen LogP) is 3.25. The van der Waals surface area contributed by atoms with Gasteiger partial charge in [0.05, 0.1) is 11.8 Å². The number of para-hydroxylation sites is 1. The Morgan fingerprint density at radius 3 is 2.42 bits per heavy atom. The molecule has 0 saturated heterocycles. The minimum absolute atomic E-state index is 0.122. The number of nitrogens with one attached hydrogen (secondary N) is 2. The zero-order valence-electron chi connectivity index (χ0n) is 17.9. The van der Waals surface area contributed by atoms with Gasteiger partial charge in [0, 0.05) is 12.6 Å². The SMILES string of the molecule is CC(=O)Nc1nonc1-c1nnc(SCC(=O)NC(C)c2ccccc2)n1-c1ccccc1. The van der Waals surface area contributed by atoms with Gasteiger partial charge in [0.25, 0.3) is 0 Å². The van der Waals surface area contributed by atoms with Crippen LogP contribution < -0.4 is 10.6 Å². The first kappa shape index (κ1) is 22.2. The second kappa shape index (κ2) is 10.1. The third-order valence-electron chi connectivity index (χ3n) is 4.65. The summed E-state index contributed by atoms with van der Waals surface area (Å²) in [5, 5.41) is 22.2. The molecular weight excluding hydrogens is 442 g/mol. The van der Waals surface area contributed by atoms with E-state index in [9.17, 15) is 9.59 Å². The van der Waals surface area contributed by atoms with Crippen LogP contribution in [0.15, 0.2) is 70.4 Å². The lowest BCUT2D eigenvalue weighted by molar-refractivity contribution is -0.119. The molecule has 0 aliphatic heterocycles. The van der Waals surface area contributed by atoms with E-state index in [1.807, 2.05) is 67.6 Å². The molecule has 2 aromatic carbocycles. The van der Waals surface area contributed by atoms with Crippen LogP contribution in [0.4, 0.5) is 5.82 Å². The van der Waals surface area contributed by atoms with Crippen molar-refractivity contribution in [1.29, 1.82) is 0 Å². The summed E-state index contributed by atoms with van der Waals surface area (Å²) in [6.45, 7) is 3.29.